The standard InChI is InChI=1S/C15H24N2O/c1-10(2)12-5-6-16-15(7-12)18-14-8-13(9-14)17-11(3)4/h5-7,10-11,13-14,17H,8-9H2,1-4H3/t13-,14-. The second-order valence-electron chi connectivity index (χ2n) is 5.81. The Labute approximate surface area is 110 Å². The third-order valence-corrected chi connectivity index (χ3v) is 3.38. The van der Waals surface area contributed by atoms with Crippen molar-refractivity contribution in [3.63, 3.8) is 0 Å². The molecule has 2 rings (SSSR count). The molecule has 1 saturated carbocycles. The molecule has 0 radical (unpaired) electrons. The molecular formula is C15H24N2O. The lowest BCUT2D eigenvalue weighted by molar-refractivity contribution is 0.0771. The predicted octanol–water partition coefficient (Wildman–Crippen LogP) is 3.11. The first-order valence-corrected chi connectivity index (χ1v) is 6.93. The molecule has 0 saturated heterocycles. The van der Waals surface area contributed by atoms with E-state index in [0.717, 1.165) is 18.7 Å². The van der Waals surface area contributed by atoms with E-state index in [1.54, 1.807) is 0 Å². The molecule has 18 heavy (non-hydrogen) atoms. The SMILES string of the molecule is CC(C)N[C@H]1C[C@H](Oc2cc(C(C)C)ccn2)C1. The summed E-state index contributed by atoms with van der Waals surface area (Å²) in [5, 5.41) is 3.52. The third-order valence-electron chi connectivity index (χ3n) is 3.38. The Kier molecular flexibility index (Phi) is 4.23. The van der Waals surface area contributed by atoms with E-state index in [1.165, 1.54) is 5.56 Å². The maximum absolute atomic E-state index is 5.90. The lowest BCUT2D eigenvalue weighted by atomic mass is 9.89. The van der Waals surface area contributed by atoms with Crippen LogP contribution in [0.25, 0.3) is 0 Å². The van der Waals surface area contributed by atoms with Gasteiger partial charge in [-0.1, -0.05) is 27.7 Å². The van der Waals surface area contributed by atoms with Crippen LogP contribution in [0.2, 0.25) is 0 Å². The zero-order valence-electron chi connectivity index (χ0n) is 11.8. The van der Waals surface area contributed by atoms with Gasteiger partial charge in [-0.15, -0.1) is 0 Å². The van der Waals surface area contributed by atoms with Gasteiger partial charge < -0.3 is 10.1 Å². The highest BCUT2D eigenvalue weighted by Gasteiger charge is 2.31. The van der Waals surface area contributed by atoms with Crippen LogP contribution in [0.15, 0.2) is 18.3 Å². The predicted molar refractivity (Wildman–Crippen MR) is 74.0 cm³/mol. The van der Waals surface area contributed by atoms with E-state index in [4.69, 9.17) is 4.74 Å². The second kappa shape index (κ2) is 5.70. The quantitative estimate of drug-likeness (QED) is 0.869. The van der Waals surface area contributed by atoms with Crippen molar-refractivity contribution in [2.75, 3.05) is 0 Å². The summed E-state index contributed by atoms with van der Waals surface area (Å²) < 4.78 is 5.90. The zero-order valence-corrected chi connectivity index (χ0v) is 11.8. The molecule has 0 bridgehead atoms. The normalized spacial score (nSPS) is 23.2. The number of nitrogens with zero attached hydrogens (tertiary/aromatic N) is 1. The molecule has 1 aliphatic rings. The number of hydrogen-bond donors (Lipinski definition) is 1. The Bertz CT molecular complexity index is 384. The summed E-state index contributed by atoms with van der Waals surface area (Å²) in [4.78, 5) is 4.29. The summed E-state index contributed by atoms with van der Waals surface area (Å²) in [6.07, 6.45) is 4.35. The number of hydrogen-bond acceptors (Lipinski definition) is 3. The lowest BCUT2D eigenvalue weighted by Crippen LogP contribution is -2.49. The topological polar surface area (TPSA) is 34.1 Å². The number of aromatic nitrogens is 1. The van der Waals surface area contributed by atoms with Gasteiger partial charge in [0.2, 0.25) is 5.88 Å². The first-order valence-electron chi connectivity index (χ1n) is 6.93. The van der Waals surface area contributed by atoms with Crippen molar-refractivity contribution in [2.24, 2.45) is 0 Å². The third kappa shape index (κ3) is 3.45. The van der Waals surface area contributed by atoms with Crippen LogP contribution in [0.3, 0.4) is 0 Å². The van der Waals surface area contributed by atoms with E-state index in [-0.39, 0.29) is 0 Å². The van der Waals surface area contributed by atoms with Gasteiger partial charge in [-0.2, -0.15) is 0 Å². The minimum Gasteiger partial charge on any atom is -0.474 e. The summed E-state index contributed by atoms with van der Waals surface area (Å²) in [7, 11) is 0. The maximum atomic E-state index is 5.90. The molecule has 100 valence electrons. The molecule has 1 aliphatic carbocycles. The smallest absolute Gasteiger partial charge is 0.213 e. The van der Waals surface area contributed by atoms with Crippen molar-refractivity contribution in [3.05, 3.63) is 23.9 Å². The fourth-order valence-electron chi connectivity index (χ4n) is 2.29. The molecule has 1 heterocycles. The van der Waals surface area contributed by atoms with Crippen LogP contribution in [0, 0.1) is 0 Å². The van der Waals surface area contributed by atoms with Crippen molar-refractivity contribution in [3.8, 4) is 5.88 Å². The van der Waals surface area contributed by atoms with Crippen molar-refractivity contribution in [1.29, 1.82) is 0 Å². The molecule has 1 aromatic rings. The Balaban J connectivity index is 1.83. The number of ether oxygens (including phenoxy) is 1. The van der Waals surface area contributed by atoms with E-state index >= 15 is 0 Å². The molecule has 0 aromatic carbocycles. The van der Waals surface area contributed by atoms with Crippen molar-refractivity contribution >= 4 is 0 Å². The highest BCUT2D eigenvalue weighted by molar-refractivity contribution is 5.23. The minimum absolute atomic E-state index is 0.330. The summed E-state index contributed by atoms with van der Waals surface area (Å²) in [5.41, 5.74) is 1.29. The van der Waals surface area contributed by atoms with Crippen LogP contribution in [0.5, 0.6) is 5.88 Å². The average Bonchev–Trinajstić information content (AvgIpc) is 2.26. The molecule has 3 heteroatoms. The van der Waals surface area contributed by atoms with Gasteiger partial charge in [0.05, 0.1) is 0 Å². The molecular weight excluding hydrogens is 224 g/mol. The van der Waals surface area contributed by atoms with Gasteiger partial charge in [-0.25, -0.2) is 4.98 Å². The van der Waals surface area contributed by atoms with Crippen molar-refractivity contribution in [2.45, 2.75) is 64.6 Å². The van der Waals surface area contributed by atoms with Gasteiger partial charge in [0.15, 0.2) is 0 Å². The summed E-state index contributed by atoms with van der Waals surface area (Å²) in [6.45, 7) is 8.74. The van der Waals surface area contributed by atoms with Crippen LogP contribution in [0.4, 0.5) is 0 Å². The summed E-state index contributed by atoms with van der Waals surface area (Å²) in [5.74, 6) is 1.29. The number of nitrogens with one attached hydrogen (secondary N) is 1. The van der Waals surface area contributed by atoms with E-state index in [2.05, 4.69) is 50.1 Å². The molecule has 1 aromatic heterocycles. The van der Waals surface area contributed by atoms with Gasteiger partial charge in [-0.3, -0.25) is 0 Å². The first kappa shape index (κ1) is 13.3. The minimum atomic E-state index is 0.330. The fraction of sp³-hybridized carbons (Fsp3) is 0.667. The van der Waals surface area contributed by atoms with E-state index in [9.17, 15) is 0 Å². The lowest BCUT2D eigenvalue weighted by Gasteiger charge is -2.36. The largest absolute Gasteiger partial charge is 0.474 e. The second-order valence-corrected chi connectivity index (χ2v) is 5.81. The molecule has 0 spiro atoms. The molecule has 0 amide bonds. The van der Waals surface area contributed by atoms with Crippen LogP contribution < -0.4 is 10.1 Å². The molecule has 0 atom stereocenters. The zero-order chi connectivity index (χ0) is 13.1. The van der Waals surface area contributed by atoms with Crippen molar-refractivity contribution in [1.82, 2.24) is 10.3 Å². The molecule has 0 unspecified atom stereocenters. The summed E-state index contributed by atoms with van der Waals surface area (Å²) in [6, 6.07) is 5.29. The Morgan fingerprint density at radius 2 is 2.00 bits per heavy atom. The van der Waals surface area contributed by atoms with Crippen molar-refractivity contribution < 1.29 is 4.74 Å². The van der Waals surface area contributed by atoms with Gasteiger partial charge in [-0.05, 0) is 30.4 Å². The highest BCUT2D eigenvalue weighted by atomic mass is 16.5. The summed E-state index contributed by atoms with van der Waals surface area (Å²) >= 11 is 0. The Morgan fingerprint density at radius 1 is 1.28 bits per heavy atom. The molecule has 3 nitrogen and oxygen atoms in total. The molecule has 0 aliphatic heterocycles. The van der Waals surface area contributed by atoms with Gasteiger partial charge in [0.25, 0.3) is 0 Å². The van der Waals surface area contributed by atoms with E-state index in [1.807, 2.05) is 6.20 Å². The monoisotopic (exact) mass is 248 g/mol. The van der Waals surface area contributed by atoms with Gasteiger partial charge in [0.1, 0.15) is 6.10 Å². The van der Waals surface area contributed by atoms with Gasteiger partial charge >= 0.3 is 0 Å². The first-order chi connectivity index (χ1) is 8.54. The number of pyridine rings is 1. The van der Waals surface area contributed by atoms with E-state index in [0.29, 0.717) is 24.1 Å². The van der Waals surface area contributed by atoms with Crippen LogP contribution in [-0.2, 0) is 0 Å². The maximum Gasteiger partial charge on any atom is 0.213 e. The van der Waals surface area contributed by atoms with Crippen LogP contribution in [0.1, 0.15) is 52.0 Å². The highest BCUT2D eigenvalue weighted by Crippen LogP contribution is 2.26. The average molecular weight is 248 g/mol. The molecule has 1 N–H and O–H groups in total. The van der Waals surface area contributed by atoms with Crippen LogP contribution in [-0.4, -0.2) is 23.2 Å². The Morgan fingerprint density at radius 3 is 2.61 bits per heavy atom. The van der Waals surface area contributed by atoms with Crippen LogP contribution >= 0.6 is 0 Å². The Hall–Kier alpha value is -1.09. The fourth-order valence-corrected chi connectivity index (χ4v) is 2.29. The number of rotatable bonds is 5. The molecule has 1 fully saturated rings. The van der Waals surface area contributed by atoms with E-state index < -0.39 is 0 Å². The van der Waals surface area contributed by atoms with Gasteiger partial charge in [0, 0.05) is 24.3 Å².